The van der Waals surface area contributed by atoms with Gasteiger partial charge in [-0.2, -0.15) is 0 Å². The maximum Gasteiger partial charge on any atom is 0.191 e. The molecule has 1 aromatic rings. The van der Waals surface area contributed by atoms with Crippen LogP contribution in [-0.2, 0) is 6.54 Å². The van der Waals surface area contributed by atoms with E-state index < -0.39 is 0 Å². The summed E-state index contributed by atoms with van der Waals surface area (Å²) in [6.45, 7) is 12.6. The molecule has 22 heavy (non-hydrogen) atoms. The van der Waals surface area contributed by atoms with Crippen LogP contribution in [0.25, 0.3) is 0 Å². The fourth-order valence-electron chi connectivity index (χ4n) is 2.33. The molecule has 0 saturated heterocycles. The van der Waals surface area contributed by atoms with Crippen LogP contribution in [-0.4, -0.2) is 43.6 Å². The Bertz CT molecular complexity index is 446. The molecule has 0 saturated carbocycles. The lowest BCUT2D eigenvalue weighted by atomic mass is 10.1. The maximum atomic E-state index is 4.27. The minimum absolute atomic E-state index is 0. The van der Waals surface area contributed by atoms with E-state index in [0.29, 0.717) is 6.04 Å². The Labute approximate surface area is 152 Å². The first kappa shape index (κ1) is 21.2. The number of aliphatic imine (C=N–C) groups is 1. The Morgan fingerprint density at radius 3 is 2.55 bits per heavy atom. The van der Waals surface area contributed by atoms with E-state index in [4.69, 9.17) is 0 Å². The molecule has 5 heteroatoms. The van der Waals surface area contributed by atoms with Gasteiger partial charge in [0.05, 0.1) is 0 Å². The van der Waals surface area contributed by atoms with Crippen LogP contribution in [0, 0.1) is 6.92 Å². The summed E-state index contributed by atoms with van der Waals surface area (Å²) in [6, 6.07) is 9.11. The molecule has 0 atom stereocenters. The van der Waals surface area contributed by atoms with Gasteiger partial charge in [0.1, 0.15) is 0 Å². The van der Waals surface area contributed by atoms with Crippen LogP contribution in [0.4, 0.5) is 0 Å². The Kier molecular flexibility index (Phi) is 11.3. The number of aryl methyl sites for hydroxylation is 1. The van der Waals surface area contributed by atoms with Gasteiger partial charge in [-0.25, -0.2) is 0 Å². The first-order valence-corrected chi connectivity index (χ1v) is 7.81. The number of guanidine groups is 1. The Morgan fingerprint density at radius 1 is 1.27 bits per heavy atom. The van der Waals surface area contributed by atoms with E-state index in [0.717, 1.165) is 32.1 Å². The molecule has 0 aliphatic heterocycles. The molecule has 0 amide bonds. The monoisotopic (exact) mass is 418 g/mol. The summed E-state index contributed by atoms with van der Waals surface area (Å²) in [5, 5.41) is 6.73. The normalized spacial score (nSPS) is 11.5. The summed E-state index contributed by atoms with van der Waals surface area (Å²) in [5.74, 6) is 0.858. The van der Waals surface area contributed by atoms with Crippen molar-refractivity contribution in [2.45, 2.75) is 40.3 Å². The number of benzene rings is 1. The van der Waals surface area contributed by atoms with Gasteiger partial charge in [-0.1, -0.05) is 36.8 Å². The van der Waals surface area contributed by atoms with Crippen LogP contribution in [0.2, 0.25) is 0 Å². The van der Waals surface area contributed by atoms with Crippen molar-refractivity contribution < 1.29 is 0 Å². The smallest absolute Gasteiger partial charge is 0.191 e. The second-order valence-corrected chi connectivity index (χ2v) is 5.56. The first-order chi connectivity index (χ1) is 10.1. The molecule has 0 aliphatic carbocycles. The van der Waals surface area contributed by atoms with Crippen molar-refractivity contribution in [3.05, 3.63) is 35.4 Å². The molecule has 4 nitrogen and oxygen atoms in total. The number of nitrogens with one attached hydrogen (secondary N) is 2. The van der Waals surface area contributed by atoms with Gasteiger partial charge in [-0.05, 0) is 32.9 Å². The van der Waals surface area contributed by atoms with Gasteiger partial charge < -0.3 is 10.6 Å². The van der Waals surface area contributed by atoms with Gasteiger partial charge in [-0.15, -0.1) is 24.0 Å². The third-order valence-electron chi connectivity index (χ3n) is 3.59. The van der Waals surface area contributed by atoms with Gasteiger partial charge in [0.15, 0.2) is 5.96 Å². The number of hydrogen-bond acceptors (Lipinski definition) is 2. The quantitative estimate of drug-likeness (QED) is 0.406. The summed E-state index contributed by atoms with van der Waals surface area (Å²) in [6.07, 6.45) is 0. The average molecular weight is 418 g/mol. The fraction of sp³-hybridized carbons (Fsp3) is 0.588. The van der Waals surface area contributed by atoms with E-state index in [9.17, 15) is 0 Å². The molecule has 0 aromatic heterocycles. The first-order valence-electron chi connectivity index (χ1n) is 7.81. The zero-order chi connectivity index (χ0) is 15.7. The summed E-state index contributed by atoms with van der Waals surface area (Å²) in [5.41, 5.74) is 2.56. The fourth-order valence-corrected chi connectivity index (χ4v) is 2.33. The molecule has 2 N–H and O–H groups in total. The van der Waals surface area contributed by atoms with Gasteiger partial charge in [0.25, 0.3) is 0 Å². The largest absolute Gasteiger partial charge is 0.355 e. The molecule has 0 fully saturated rings. The molecule has 0 radical (unpaired) electrons. The average Bonchev–Trinajstić information content (AvgIpc) is 2.46. The number of nitrogens with zero attached hydrogens (tertiary/aromatic N) is 2. The van der Waals surface area contributed by atoms with Crippen molar-refractivity contribution >= 4 is 29.9 Å². The van der Waals surface area contributed by atoms with Crippen LogP contribution >= 0.6 is 24.0 Å². The van der Waals surface area contributed by atoms with Gasteiger partial charge >= 0.3 is 0 Å². The third kappa shape index (κ3) is 7.98. The zero-order valence-corrected chi connectivity index (χ0v) is 16.8. The summed E-state index contributed by atoms with van der Waals surface area (Å²) in [4.78, 5) is 6.70. The van der Waals surface area contributed by atoms with Crippen LogP contribution in [0.15, 0.2) is 29.3 Å². The van der Waals surface area contributed by atoms with E-state index in [1.807, 2.05) is 7.05 Å². The van der Waals surface area contributed by atoms with Crippen molar-refractivity contribution in [1.82, 2.24) is 15.5 Å². The summed E-state index contributed by atoms with van der Waals surface area (Å²) >= 11 is 0. The lowest BCUT2D eigenvalue weighted by Gasteiger charge is -2.25. The number of rotatable bonds is 7. The van der Waals surface area contributed by atoms with Crippen LogP contribution < -0.4 is 10.6 Å². The van der Waals surface area contributed by atoms with Crippen molar-refractivity contribution in [2.75, 3.05) is 26.7 Å². The highest BCUT2D eigenvalue weighted by atomic mass is 127. The van der Waals surface area contributed by atoms with E-state index in [2.05, 4.69) is 72.5 Å². The number of likely N-dealkylation sites (N-methyl/N-ethyl adjacent to an activating group) is 1. The SMILES string of the molecule is CCN(CCNC(=NC)NCc1cccc(C)c1)C(C)C.I. The summed E-state index contributed by atoms with van der Waals surface area (Å²) in [7, 11) is 1.81. The topological polar surface area (TPSA) is 39.7 Å². The highest BCUT2D eigenvalue weighted by molar-refractivity contribution is 14.0. The summed E-state index contributed by atoms with van der Waals surface area (Å²) < 4.78 is 0. The third-order valence-corrected chi connectivity index (χ3v) is 3.59. The predicted octanol–water partition coefficient (Wildman–Crippen LogP) is 3.01. The molecule has 126 valence electrons. The van der Waals surface area contributed by atoms with E-state index in [1.165, 1.54) is 11.1 Å². The van der Waals surface area contributed by atoms with Crippen molar-refractivity contribution in [2.24, 2.45) is 4.99 Å². The lowest BCUT2D eigenvalue weighted by Crippen LogP contribution is -2.42. The van der Waals surface area contributed by atoms with E-state index in [-0.39, 0.29) is 24.0 Å². The van der Waals surface area contributed by atoms with Crippen LogP contribution in [0.5, 0.6) is 0 Å². The van der Waals surface area contributed by atoms with Crippen LogP contribution in [0.3, 0.4) is 0 Å². The zero-order valence-electron chi connectivity index (χ0n) is 14.5. The van der Waals surface area contributed by atoms with E-state index in [1.54, 1.807) is 0 Å². The second-order valence-electron chi connectivity index (χ2n) is 5.56. The molecule has 1 aromatic carbocycles. The molecule has 0 bridgehead atoms. The molecule has 0 heterocycles. The van der Waals surface area contributed by atoms with Gasteiger partial charge in [0.2, 0.25) is 0 Å². The van der Waals surface area contributed by atoms with Crippen molar-refractivity contribution in [3.63, 3.8) is 0 Å². The minimum atomic E-state index is 0. The highest BCUT2D eigenvalue weighted by Gasteiger charge is 2.06. The van der Waals surface area contributed by atoms with E-state index >= 15 is 0 Å². The number of hydrogen-bond donors (Lipinski definition) is 2. The van der Waals surface area contributed by atoms with Gasteiger partial charge in [0, 0.05) is 32.7 Å². The molecule has 1 rings (SSSR count). The Morgan fingerprint density at radius 2 is 2.00 bits per heavy atom. The lowest BCUT2D eigenvalue weighted by molar-refractivity contribution is 0.237. The molecule has 0 spiro atoms. The maximum absolute atomic E-state index is 4.27. The van der Waals surface area contributed by atoms with Crippen LogP contribution in [0.1, 0.15) is 31.9 Å². The minimum Gasteiger partial charge on any atom is -0.355 e. The predicted molar refractivity (Wildman–Crippen MR) is 107 cm³/mol. The molecule has 0 aliphatic rings. The number of halogens is 1. The Balaban J connectivity index is 0.00000441. The highest BCUT2D eigenvalue weighted by Crippen LogP contribution is 2.03. The Hall–Kier alpha value is -0.820. The molecule has 0 unspecified atom stereocenters. The molecular formula is C17H31IN4. The van der Waals surface area contributed by atoms with Gasteiger partial charge in [-0.3, -0.25) is 9.89 Å². The second kappa shape index (κ2) is 11.7. The van der Waals surface area contributed by atoms with Crippen molar-refractivity contribution in [1.29, 1.82) is 0 Å². The van der Waals surface area contributed by atoms with Crippen molar-refractivity contribution in [3.8, 4) is 0 Å². The standard InChI is InChI=1S/C17H30N4.HI/c1-6-21(14(2)3)11-10-19-17(18-5)20-13-16-9-7-8-15(4)12-16;/h7-9,12,14H,6,10-11,13H2,1-5H3,(H2,18,19,20);1H. The molecular weight excluding hydrogens is 387 g/mol.